The van der Waals surface area contributed by atoms with Crippen LogP contribution < -0.4 is 5.48 Å². The summed E-state index contributed by atoms with van der Waals surface area (Å²) in [7, 11) is 0. The minimum Gasteiger partial charge on any atom is -0.316 e. The van der Waals surface area contributed by atoms with E-state index in [1.807, 2.05) is 0 Å². The standard InChI is InChI=1S/C8H9F2NO/c1-5(11-12)8-6(9)3-2-4-7(8)10/h2-5,11-12H,1H3/t5-/m0/s1. The van der Waals surface area contributed by atoms with Gasteiger partial charge in [-0.2, -0.15) is 5.48 Å². The summed E-state index contributed by atoms with van der Waals surface area (Å²) >= 11 is 0. The number of rotatable bonds is 2. The van der Waals surface area contributed by atoms with Gasteiger partial charge in [0.15, 0.2) is 0 Å². The van der Waals surface area contributed by atoms with Crippen LogP contribution >= 0.6 is 0 Å². The van der Waals surface area contributed by atoms with Crippen molar-refractivity contribution in [3.8, 4) is 0 Å². The molecular weight excluding hydrogens is 164 g/mol. The molecule has 0 saturated carbocycles. The minimum absolute atomic E-state index is 0.153. The maximum absolute atomic E-state index is 12.9. The number of hydrogen-bond acceptors (Lipinski definition) is 2. The first kappa shape index (κ1) is 9.09. The number of hydroxylamine groups is 1. The van der Waals surface area contributed by atoms with Crippen molar-refractivity contribution in [1.29, 1.82) is 0 Å². The van der Waals surface area contributed by atoms with Crippen LogP contribution in [0.1, 0.15) is 18.5 Å². The maximum Gasteiger partial charge on any atom is 0.130 e. The second-order valence-corrected chi connectivity index (χ2v) is 2.49. The van der Waals surface area contributed by atoms with E-state index in [2.05, 4.69) is 0 Å². The Morgan fingerprint density at radius 1 is 1.33 bits per heavy atom. The maximum atomic E-state index is 12.9. The Labute approximate surface area is 68.8 Å². The zero-order valence-electron chi connectivity index (χ0n) is 6.51. The van der Waals surface area contributed by atoms with Crippen molar-refractivity contribution < 1.29 is 14.0 Å². The fourth-order valence-corrected chi connectivity index (χ4v) is 0.989. The predicted molar refractivity (Wildman–Crippen MR) is 39.7 cm³/mol. The highest BCUT2D eigenvalue weighted by Gasteiger charge is 2.14. The largest absolute Gasteiger partial charge is 0.316 e. The first-order valence-electron chi connectivity index (χ1n) is 3.50. The fourth-order valence-electron chi connectivity index (χ4n) is 0.989. The van der Waals surface area contributed by atoms with Crippen molar-refractivity contribution in [1.82, 2.24) is 5.48 Å². The summed E-state index contributed by atoms with van der Waals surface area (Å²) in [5.41, 5.74) is 1.63. The van der Waals surface area contributed by atoms with E-state index in [1.165, 1.54) is 13.0 Å². The molecule has 1 aromatic carbocycles. The molecule has 12 heavy (non-hydrogen) atoms. The van der Waals surface area contributed by atoms with Gasteiger partial charge in [-0.3, -0.25) is 0 Å². The molecule has 0 aliphatic rings. The molecule has 66 valence electrons. The summed E-state index contributed by atoms with van der Waals surface area (Å²) in [5, 5.41) is 8.45. The van der Waals surface area contributed by atoms with Crippen LogP contribution in [-0.4, -0.2) is 5.21 Å². The van der Waals surface area contributed by atoms with Crippen LogP contribution in [0.3, 0.4) is 0 Å². The third-order valence-corrected chi connectivity index (χ3v) is 1.63. The molecule has 0 fully saturated rings. The normalized spacial score (nSPS) is 13.0. The Balaban J connectivity index is 3.12. The lowest BCUT2D eigenvalue weighted by Crippen LogP contribution is -2.16. The van der Waals surface area contributed by atoms with Crippen LogP contribution in [-0.2, 0) is 0 Å². The number of halogens is 2. The van der Waals surface area contributed by atoms with E-state index in [0.29, 0.717) is 0 Å². The van der Waals surface area contributed by atoms with Gasteiger partial charge in [0.2, 0.25) is 0 Å². The van der Waals surface area contributed by atoms with Crippen LogP contribution in [0, 0.1) is 11.6 Å². The number of benzene rings is 1. The van der Waals surface area contributed by atoms with E-state index >= 15 is 0 Å². The summed E-state index contributed by atoms with van der Waals surface area (Å²) in [5.74, 6) is -1.33. The molecule has 2 nitrogen and oxygen atoms in total. The van der Waals surface area contributed by atoms with Gasteiger partial charge in [0.05, 0.1) is 6.04 Å². The average molecular weight is 173 g/mol. The quantitative estimate of drug-likeness (QED) is 0.670. The van der Waals surface area contributed by atoms with E-state index in [0.717, 1.165) is 12.1 Å². The lowest BCUT2D eigenvalue weighted by Gasteiger charge is -2.10. The summed E-state index contributed by atoms with van der Waals surface area (Å²) in [6, 6.07) is 2.82. The molecule has 0 radical (unpaired) electrons. The van der Waals surface area contributed by atoms with Gasteiger partial charge in [0.25, 0.3) is 0 Å². The van der Waals surface area contributed by atoms with Crippen LogP contribution in [0.2, 0.25) is 0 Å². The van der Waals surface area contributed by atoms with Crippen LogP contribution in [0.25, 0.3) is 0 Å². The highest BCUT2D eigenvalue weighted by Crippen LogP contribution is 2.19. The lowest BCUT2D eigenvalue weighted by atomic mass is 10.1. The molecule has 1 rings (SSSR count). The molecule has 1 atom stereocenters. The van der Waals surface area contributed by atoms with Crippen molar-refractivity contribution in [2.75, 3.05) is 0 Å². The van der Waals surface area contributed by atoms with E-state index in [9.17, 15) is 8.78 Å². The molecule has 0 spiro atoms. The molecule has 0 heterocycles. The van der Waals surface area contributed by atoms with Gasteiger partial charge in [-0.15, -0.1) is 0 Å². The monoisotopic (exact) mass is 173 g/mol. The Kier molecular flexibility index (Phi) is 2.73. The molecular formula is C8H9F2NO. The van der Waals surface area contributed by atoms with Gasteiger partial charge in [-0.05, 0) is 19.1 Å². The second-order valence-electron chi connectivity index (χ2n) is 2.49. The summed E-state index contributed by atoms with van der Waals surface area (Å²) in [4.78, 5) is 0. The third-order valence-electron chi connectivity index (χ3n) is 1.63. The van der Waals surface area contributed by atoms with E-state index in [-0.39, 0.29) is 5.56 Å². The third kappa shape index (κ3) is 1.60. The highest BCUT2D eigenvalue weighted by atomic mass is 19.1. The van der Waals surface area contributed by atoms with Gasteiger partial charge in [-0.25, -0.2) is 8.78 Å². The second kappa shape index (κ2) is 3.60. The minimum atomic E-state index is -0.744. The van der Waals surface area contributed by atoms with Gasteiger partial charge >= 0.3 is 0 Å². The Morgan fingerprint density at radius 3 is 2.25 bits per heavy atom. The molecule has 0 saturated heterocycles. The van der Waals surface area contributed by atoms with Crippen LogP contribution in [0.4, 0.5) is 8.78 Å². The zero-order chi connectivity index (χ0) is 9.14. The Bertz CT molecular complexity index is 258. The van der Waals surface area contributed by atoms with Gasteiger partial charge < -0.3 is 5.21 Å². The van der Waals surface area contributed by atoms with E-state index in [1.54, 1.807) is 5.48 Å². The van der Waals surface area contributed by atoms with E-state index < -0.39 is 17.7 Å². The first-order chi connectivity index (χ1) is 5.66. The lowest BCUT2D eigenvalue weighted by molar-refractivity contribution is 0.130. The fraction of sp³-hybridized carbons (Fsp3) is 0.250. The molecule has 0 unspecified atom stereocenters. The molecule has 0 aromatic heterocycles. The summed E-state index contributed by atoms with van der Waals surface area (Å²) < 4.78 is 25.8. The Hall–Kier alpha value is -1.00. The smallest absolute Gasteiger partial charge is 0.130 e. The zero-order valence-corrected chi connectivity index (χ0v) is 6.51. The molecule has 1 aromatic rings. The topological polar surface area (TPSA) is 32.3 Å². The summed E-state index contributed by atoms with van der Waals surface area (Å²) in [6.45, 7) is 1.46. The number of hydrogen-bond donors (Lipinski definition) is 2. The van der Waals surface area contributed by atoms with Crippen molar-refractivity contribution >= 4 is 0 Å². The van der Waals surface area contributed by atoms with E-state index in [4.69, 9.17) is 5.21 Å². The number of nitrogens with one attached hydrogen (secondary N) is 1. The molecule has 0 aliphatic carbocycles. The van der Waals surface area contributed by atoms with Gasteiger partial charge in [-0.1, -0.05) is 6.07 Å². The average Bonchev–Trinajstić information content (AvgIpc) is 2.03. The molecule has 2 N–H and O–H groups in total. The predicted octanol–water partition coefficient (Wildman–Crippen LogP) is 2.00. The van der Waals surface area contributed by atoms with Crippen molar-refractivity contribution in [3.63, 3.8) is 0 Å². The molecule has 4 heteroatoms. The highest BCUT2D eigenvalue weighted by molar-refractivity contribution is 5.22. The Morgan fingerprint density at radius 2 is 1.83 bits per heavy atom. The molecule has 0 amide bonds. The molecule has 0 aliphatic heterocycles. The van der Waals surface area contributed by atoms with Crippen molar-refractivity contribution in [2.45, 2.75) is 13.0 Å². The molecule has 0 bridgehead atoms. The van der Waals surface area contributed by atoms with Crippen LogP contribution in [0.15, 0.2) is 18.2 Å². The first-order valence-corrected chi connectivity index (χ1v) is 3.50. The van der Waals surface area contributed by atoms with Crippen LogP contribution in [0.5, 0.6) is 0 Å². The van der Waals surface area contributed by atoms with Crippen molar-refractivity contribution in [3.05, 3.63) is 35.4 Å². The summed E-state index contributed by atoms with van der Waals surface area (Å²) in [6.07, 6.45) is 0. The van der Waals surface area contributed by atoms with Gasteiger partial charge in [0, 0.05) is 5.56 Å². The van der Waals surface area contributed by atoms with Gasteiger partial charge in [0.1, 0.15) is 11.6 Å². The SMILES string of the molecule is C[C@H](NO)c1c(F)cccc1F. The van der Waals surface area contributed by atoms with Crippen molar-refractivity contribution in [2.24, 2.45) is 0 Å².